The van der Waals surface area contributed by atoms with Gasteiger partial charge in [0.05, 0.1) is 5.92 Å². The summed E-state index contributed by atoms with van der Waals surface area (Å²) < 4.78 is 0. The topological polar surface area (TPSA) is 17.1 Å². The molecule has 0 fully saturated rings. The summed E-state index contributed by atoms with van der Waals surface area (Å²) in [4.78, 5) is 13.5. The zero-order valence-electron chi connectivity index (χ0n) is 14.4. The van der Waals surface area contributed by atoms with E-state index in [2.05, 4.69) is 19.1 Å². The van der Waals surface area contributed by atoms with Crippen molar-refractivity contribution >= 4 is 5.78 Å². The maximum absolute atomic E-state index is 13.5. The van der Waals surface area contributed by atoms with Crippen molar-refractivity contribution in [3.05, 3.63) is 106 Å². The van der Waals surface area contributed by atoms with Crippen LogP contribution in [-0.2, 0) is 0 Å². The number of rotatable bonds is 4. The van der Waals surface area contributed by atoms with E-state index >= 15 is 0 Å². The van der Waals surface area contributed by atoms with Crippen LogP contribution in [0.5, 0.6) is 0 Å². The predicted octanol–water partition coefficient (Wildman–Crippen LogP) is 5.63. The van der Waals surface area contributed by atoms with Gasteiger partial charge in [0.1, 0.15) is 0 Å². The lowest BCUT2D eigenvalue weighted by atomic mass is 9.82. The Morgan fingerprint density at radius 1 is 0.708 bits per heavy atom. The van der Waals surface area contributed by atoms with Gasteiger partial charge in [-0.25, -0.2) is 0 Å². The van der Waals surface area contributed by atoms with E-state index in [-0.39, 0.29) is 11.7 Å². The molecule has 0 aliphatic heterocycles. The molecule has 0 atom stereocenters. The predicted molar refractivity (Wildman–Crippen MR) is 99.7 cm³/mol. The first-order chi connectivity index (χ1) is 11.6. The number of carbonyl (C=O) groups is 1. The molecule has 3 aromatic carbocycles. The van der Waals surface area contributed by atoms with Gasteiger partial charge < -0.3 is 0 Å². The lowest BCUT2D eigenvalue weighted by molar-refractivity contribution is 0.0972. The fourth-order valence-corrected chi connectivity index (χ4v) is 3.50. The molecule has 0 bridgehead atoms. The summed E-state index contributed by atoms with van der Waals surface area (Å²) in [7, 11) is 0. The van der Waals surface area contributed by atoms with Crippen LogP contribution in [0, 0.1) is 20.8 Å². The molecule has 0 aliphatic rings. The van der Waals surface area contributed by atoms with Gasteiger partial charge in [0.2, 0.25) is 0 Å². The third-order valence-corrected chi connectivity index (χ3v) is 4.45. The van der Waals surface area contributed by atoms with Gasteiger partial charge in [0.25, 0.3) is 0 Å². The number of carbonyl (C=O) groups excluding carboxylic acids is 1. The summed E-state index contributed by atoms with van der Waals surface area (Å²) in [6.07, 6.45) is 0. The van der Waals surface area contributed by atoms with Gasteiger partial charge in [-0.1, -0.05) is 78.4 Å². The number of Topliss-reactive ketones (excluding diaryl/α,β-unsaturated/α-hetero) is 1. The van der Waals surface area contributed by atoms with Crippen molar-refractivity contribution in [2.75, 3.05) is 0 Å². The SMILES string of the molecule is Cc1cc(C)c(C(=O)C(c2ccccc2)c2ccccc2)c(C)c1. The molecular weight excluding hydrogens is 292 g/mol. The van der Waals surface area contributed by atoms with Gasteiger partial charge in [-0.15, -0.1) is 0 Å². The van der Waals surface area contributed by atoms with Crippen LogP contribution in [0.1, 0.15) is 44.1 Å². The molecule has 1 heteroatoms. The highest BCUT2D eigenvalue weighted by Gasteiger charge is 2.26. The smallest absolute Gasteiger partial charge is 0.175 e. The van der Waals surface area contributed by atoms with Crippen LogP contribution in [-0.4, -0.2) is 5.78 Å². The molecule has 120 valence electrons. The average molecular weight is 314 g/mol. The molecule has 0 radical (unpaired) electrons. The molecule has 0 unspecified atom stereocenters. The zero-order chi connectivity index (χ0) is 17.1. The van der Waals surface area contributed by atoms with Gasteiger partial charge >= 0.3 is 0 Å². The van der Waals surface area contributed by atoms with Gasteiger partial charge in [0.15, 0.2) is 5.78 Å². The third-order valence-electron chi connectivity index (χ3n) is 4.45. The monoisotopic (exact) mass is 314 g/mol. The van der Waals surface area contributed by atoms with E-state index in [4.69, 9.17) is 0 Å². The van der Waals surface area contributed by atoms with Crippen molar-refractivity contribution in [3.63, 3.8) is 0 Å². The molecule has 3 rings (SSSR count). The summed E-state index contributed by atoms with van der Waals surface area (Å²) in [6, 6.07) is 24.3. The average Bonchev–Trinajstić information content (AvgIpc) is 2.56. The Kier molecular flexibility index (Phi) is 4.61. The highest BCUT2D eigenvalue weighted by Crippen LogP contribution is 2.31. The van der Waals surface area contributed by atoms with Crippen molar-refractivity contribution in [1.82, 2.24) is 0 Å². The Morgan fingerprint density at radius 2 is 1.12 bits per heavy atom. The molecular formula is C23H22O. The fourth-order valence-electron chi connectivity index (χ4n) is 3.50. The fraction of sp³-hybridized carbons (Fsp3) is 0.174. The molecule has 0 spiro atoms. The lowest BCUT2D eigenvalue weighted by Crippen LogP contribution is -2.17. The van der Waals surface area contributed by atoms with E-state index < -0.39 is 0 Å². The van der Waals surface area contributed by atoms with E-state index in [1.807, 2.05) is 74.5 Å². The standard InChI is InChI=1S/C23H22O/c1-16-14-17(2)21(18(3)15-16)23(24)22(19-10-6-4-7-11-19)20-12-8-5-9-13-20/h4-15,22H,1-3H3. The van der Waals surface area contributed by atoms with Gasteiger partial charge in [0, 0.05) is 5.56 Å². The highest BCUT2D eigenvalue weighted by atomic mass is 16.1. The maximum Gasteiger partial charge on any atom is 0.175 e. The third kappa shape index (κ3) is 3.16. The first-order valence-corrected chi connectivity index (χ1v) is 8.30. The van der Waals surface area contributed by atoms with Crippen LogP contribution in [0.2, 0.25) is 0 Å². The Morgan fingerprint density at radius 3 is 1.54 bits per heavy atom. The van der Waals surface area contributed by atoms with Crippen molar-refractivity contribution < 1.29 is 4.79 Å². The minimum absolute atomic E-state index is 0.169. The molecule has 0 N–H and O–H groups in total. The zero-order valence-corrected chi connectivity index (χ0v) is 14.4. The van der Waals surface area contributed by atoms with Gasteiger partial charge in [-0.05, 0) is 43.0 Å². The number of ketones is 1. The van der Waals surface area contributed by atoms with E-state index in [0.717, 1.165) is 27.8 Å². The van der Waals surface area contributed by atoms with E-state index in [0.29, 0.717) is 0 Å². The van der Waals surface area contributed by atoms with Crippen LogP contribution in [0.3, 0.4) is 0 Å². The second-order valence-electron chi connectivity index (χ2n) is 6.39. The number of hydrogen-bond acceptors (Lipinski definition) is 1. The Labute approximate surface area is 144 Å². The van der Waals surface area contributed by atoms with Crippen molar-refractivity contribution in [3.8, 4) is 0 Å². The summed E-state index contributed by atoms with van der Waals surface area (Å²) in [5.74, 6) is -0.102. The van der Waals surface area contributed by atoms with Gasteiger partial charge in [-0.3, -0.25) is 4.79 Å². The van der Waals surface area contributed by atoms with E-state index in [1.54, 1.807) is 0 Å². The molecule has 0 aromatic heterocycles. The maximum atomic E-state index is 13.5. The second-order valence-corrected chi connectivity index (χ2v) is 6.39. The van der Waals surface area contributed by atoms with Crippen molar-refractivity contribution in [1.29, 1.82) is 0 Å². The van der Waals surface area contributed by atoms with E-state index in [1.165, 1.54) is 5.56 Å². The lowest BCUT2D eigenvalue weighted by Gasteiger charge is -2.20. The van der Waals surface area contributed by atoms with Crippen LogP contribution in [0.15, 0.2) is 72.8 Å². The molecule has 24 heavy (non-hydrogen) atoms. The molecule has 1 nitrogen and oxygen atoms in total. The first-order valence-electron chi connectivity index (χ1n) is 8.30. The van der Waals surface area contributed by atoms with Gasteiger partial charge in [-0.2, -0.15) is 0 Å². The summed E-state index contributed by atoms with van der Waals surface area (Å²) in [5.41, 5.74) is 6.21. The van der Waals surface area contributed by atoms with Crippen LogP contribution >= 0.6 is 0 Å². The minimum atomic E-state index is -0.271. The summed E-state index contributed by atoms with van der Waals surface area (Å²) in [5, 5.41) is 0. The highest BCUT2D eigenvalue weighted by molar-refractivity contribution is 6.05. The molecule has 3 aromatic rings. The number of hydrogen-bond donors (Lipinski definition) is 0. The molecule has 0 aliphatic carbocycles. The van der Waals surface area contributed by atoms with E-state index in [9.17, 15) is 4.79 Å². The van der Waals surface area contributed by atoms with Crippen LogP contribution in [0.25, 0.3) is 0 Å². The second kappa shape index (κ2) is 6.84. The normalized spacial score (nSPS) is 10.8. The van der Waals surface area contributed by atoms with Crippen molar-refractivity contribution in [2.24, 2.45) is 0 Å². The first kappa shape index (κ1) is 16.2. The quantitative estimate of drug-likeness (QED) is 0.571. The number of aryl methyl sites for hydroxylation is 3. The largest absolute Gasteiger partial charge is 0.293 e. The van der Waals surface area contributed by atoms with Crippen LogP contribution < -0.4 is 0 Å². The summed E-state index contributed by atoms with van der Waals surface area (Å²) >= 11 is 0. The molecule has 0 amide bonds. The molecule has 0 saturated carbocycles. The Balaban J connectivity index is 2.15. The Bertz CT molecular complexity index is 785. The summed E-state index contributed by atoms with van der Waals surface area (Å²) in [6.45, 7) is 6.13. The Hall–Kier alpha value is -2.67. The number of benzene rings is 3. The minimum Gasteiger partial charge on any atom is -0.293 e. The molecule has 0 heterocycles. The molecule has 0 saturated heterocycles. The van der Waals surface area contributed by atoms with Crippen molar-refractivity contribution in [2.45, 2.75) is 26.7 Å². The van der Waals surface area contributed by atoms with Crippen LogP contribution in [0.4, 0.5) is 0 Å².